The zero-order valence-corrected chi connectivity index (χ0v) is 25.3. The van der Waals surface area contributed by atoms with E-state index in [1.54, 1.807) is 25.3 Å². The maximum atomic E-state index is 13.5. The number of hydrogen-bond acceptors (Lipinski definition) is 10. The largest absolute Gasteiger partial charge is 2.00 e. The second-order valence-corrected chi connectivity index (χ2v) is 10.1. The van der Waals surface area contributed by atoms with E-state index in [-0.39, 0.29) is 55.4 Å². The Labute approximate surface area is 260 Å². The summed E-state index contributed by atoms with van der Waals surface area (Å²) < 4.78 is 17.1. The number of aromatic amines is 1. The molecule has 12 nitrogen and oxygen atoms in total. The first-order valence-electron chi connectivity index (χ1n) is 13.2. The molecule has 0 saturated carbocycles. The number of esters is 1. The normalized spacial score (nSPS) is 11.4. The number of aromatic nitrogens is 6. The predicted molar refractivity (Wildman–Crippen MR) is 155 cm³/mol. The number of benzene rings is 2. The van der Waals surface area contributed by atoms with Gasteiger partial charge in [-0.2, -0.15) is 5.21 Å². The number of rotatable bonds is 10. The van der Waals surface area contributed by atoms with E-state index < -0.39 is 17.4 Å². The van der Waals surface area contributed by atoms with Crippen LogP contribution in [0.5, 0.6) is 0 Å². The van der Waals surface area contributed by atoms with Crippen molar-refractivity contribution in [2.24, 2.45) is 0 Å². The summed E-state index contributed by atoms with van der Waals surface area (Å²) in [6, 6.07) is 15.7. The van der Waals surface area contributed by atoms with Crippen molar-refractivity contribution in [3.63, 3.8) is 0 Å². The van der Waals surface area contributed by atoms with Crippen molar-refractivity contribution in [1.29, 1.82) is 0 Å². The second kappa shape index (κ2) is 12.8. The third kappa shape index (κ3) is 6.53. The third-order valence-electron chi connectivity index (χ3n) is 6.58. The fourth-order valence-electron chi connectivity index (χ4n) is 4.60. The van der Waals surface area contributed by atoms with Crippen LogP contribution in [-0.2, 0) is 29.9 Å². The van der Waals surface area contributed by atoms with E-state index >= 15 is 0 Å². The fourth-order valence-corrected chi connectivity index (χ4v) is 4.60. The van der Waals surface area contributed by atoms with Gasteiger partial charge >= 0.3 is 34.8 Å². The number of tetrazole rings is 1. The van der Waals surface area contributed by atoms with Crippen molar-refractivity contribution in [3.05, 3.63) is 93.4 Å². The zero-order valence-electron chi connectivity index (χ0n) is 25.9. The Morgan fingerprint density at radius 1 is 1.12 bits per heavy atom. The van der Waals surface area contributed by atoms with E-state index in [0.717, 1.165) is 28.7 Å². The number of H-pyrrole nitrogens is 1. The van der Waals surface area contributed by atoms with Gasteiger partial charge in [-0.25, -0.2) is 14.6 Å². The Balaban J connectivity index is 0.00000225. The first kappa shape index (κ1) is 30.9. The summed E-state index contributed by atoms with van der Waals surface area (Å²) in [6.07, 6.45) is 1.37. The Morgan fingerprint density at radius 3 is 2.43 bits per heavy atom. The van der Waals surface area contributed by atoms with Gasteiger partial charge in [0, 0.05) is 18.5 Å². The molecule has 0 aliphatic carbocycles. The Kier molecular flexibility index (Phi) is 9.44. The molecule has 0 aliphatic heterocycles. The molecule has 0 radical (unpaired) electrons. The van der Waals surface area contributed by atoms with E-state index in [0.29, 0.717) is 24.6 Å². The summed E-state index contributed by atoms with van der Waals surface area (Å²) in [5.74, 6) is -0.0831. The molecule has 0 saturated heterocycles. The van der Waals surface area contributed by atoms with E-state index in [4.69, 9.17) is 13.6 Å². The molecule has 2 aromatic carbocycles. The number of ether oxygens (including phenoxy) is 1. The van der Waals surface area contributed by atoms with Crippen LogP contribution in [0, 0.1) is 6.92 Å². The maximum Gasteiger partial charge on any atom is 2.00 e. The fraction of sp³-hybridized carbons (Fsp3) is 0.310. The number of nitrogens with one attached hydrogen (secondary N) is 1. The molecule has 0 bridgehead atoms. The van der Waals surface area contributed by atoms with Crippen LogP contribution in [0.4, 0.5) is 0 Å². The van der Waals surface area contributed by atoms with Gasteiger partial charge in [-0.1, -0.05) is 55.5 Å². The summed E-state index contributed by atoms with van der Waals surface area (Å²) >= 11 is 0. The van der Waals surface area contributed by atoms with Gasteiger partial charge in [0.2, 0.25) is 5.82 Å². The van der Waals surface area contributed by atoms with Crippen LogP contribution in [-0.4, -0.2) is 64.3 Å². The number of carbonyl (C=O) groups excluding carboxylic acids is 1. The van der Waals surface area contributed by atoms with Crippen LogP contribution < -0.4 is 5.82 Å². The van der Waals surface area contributed by atoms with Crippen molar-refractivity contribution in [2.75, 3.05) is 0 Å². The number of hydrogen-bond donors (Lipinski definition) is 2. The van der Waals surface area contributed by atoms with E-state index in [2.05, 4.69) is 25.6 Å². The smallest absolute Gasteiger partial charge is 1.00 e. The molecule has 3 heterocycles. The zero-order chi connectivity index (χ0) is 29.1. The molecule has 216 valence electrons. The minimum atomic E-state index is -1.41. The summed E-state index contributed by atoms with van der Waals surface area (Å²) in [4.78, 5) is 29.5. The Hall–Kier alpha value is -4.07. The second-order valence-electron chi connectivity index (χ2n) is 10.1. The van der Waals surface area contributed by atoms with Crippen molar-refractivity contribution in [2.45, 2.75) is 59.3 Å². The van der Waals surface area contributed by atoms with Crippen molar-refractivity contribution in [3.8, 4) is 22.5 Å². The molecule has 2 N–H and O–H groups in total. The van der Waals surface area contributed by atoms with E-state index in [1.807, 2.05) is 55.5 Å². The summed E-state index contributed by atoms with van der Waals surface area (Å²) in [6.45, 7) is 6.72. The molecule has 5 rings (SSSR count). The average molecular weight is 585 g/mol. The molecule has 0 amide bonds. The third-order valence-corrected chi connectivity index (χ3v) is 6.58. The molecule has 0 unspecified atom stereocenters. The molecule has 0 spiro atoms. The van der Waals surface area contributed by atoms with Crippen LogP contribution in [0.2, 0.25) is 0 Å². The number of carbonyl (C=O) groups is 1. The van der Waals surface area contributed by atoms with Crippen molar-refractivity contribution >= 4 is 29.0 Å². The van der Waals surface area contributed by atoms with Crippen molar-refractivity contribution < 1.29 is 26.3 Å². The van der Waals surface area contributed by atoms with Gasteiger partial charge in [-0.3, -0.25) is 0 Å². The molecule has 3 aromatic heterocycles. The van der Waals surface area contributed by atoms with Crippen LogP contribution in [0.1, 0.15) is 69.1 Å². The molecule has 0 aliphatic rings. The van der Waals surface area contributed by atoms with E-state index in [9.17, 15) is 14.7 Å². The van der Waals surface area contributed by atoms with Crippen molar-refractivity contribution in [1.82, 2.24) is 30.2 Å². The molecule has 0 atom stereocenters. The first-order chi connectivity index (χ1) is 19.7. The van der Waals surface area contributed by atoms with Crippen LogP contribution in [0.25, 0.3) is 22.5 Å². The van der Waals surface area contributed by atoms with Gasteiger partial charge in [-0.05, 0) is 49.1 Å². The number of aliphatic hydroxyl groups is 1. The molecule has 13 heteroatoms. The minimum absolute atomic E-state index is 0. The van der Waals surface area contributed by atoms with E-state index in [1.165, 1.54) is 0 Å². The van der Waals surface area contributed by atoms with Gasteiger partial charge in [0.15, 0.2) is 23.8 Å². The van der Waals surface area contributed by atoms with Crippen LogP contribution in [0.3, 0.4) is 0 Å². The van der Waals surface area contributed by atoms with Crippen LogP contribution in [0.15, 0.2) is 62.2 Å². The predicted octanol–water partition coefficient (Wildman–Crippen LogP) is 4.01. The number of aryl methyl sites for hydroxylation is 2. The number of imidazole rings is 1. The summed E-state index contributed by atoms with van der Waals surface area (Å²) in [7, 11) is 0. The molecular weight excluding hydrogens is 553 g/mol. The minimum Gasteiger partial charge on any atom is -1.00 e. The number of nitrogens with zero attached hydrogens (tertiary/aromatic N) is 5. The SMILES string of the molecule is CCCc1nc(C(C)(C)O)c(C(=O)OCc2oc(=O)oc2C)n1Cc1ccc(-c2ccccc2-c2nn[nH]n2)cc1.[H-].[H-].[Mg+2]. The topological polar surface area (TPSA) is 162 Å². The monoisotopic (exact) mass is 584 g/mol. The Bertz CT molecular complexity index is 1730. The summed E-state index contributed by atoms with van der Waals surface area (Å²) in [5, 5.41) is 25.3. The molecular formula is C29H32MgN6O6. The van der Waals surface area contributed by atoms with Gasteiger partial charge in [-0.15, -0.1) is 10.2 Å². The Morgan fingerprint density at radius 2 is 1.83 bits per heavy atom. The average Bonchev–Trinajstić information content (AvgIpc) is 3.67. The molecule has 5 aromatic rings. The molecule has 42 heavy (non-hydrogen) atoms. The van der Waals surface area contributed by atoms with Gasteiger partial charge in [0.05, 0.1) is 0 Å². The van der Waals surface area contributed by atoms with Gasteiger partial charge in [0.25, 0.3) is 0 Å². The molecule has 0 fully saturated rings. The van der Waals surface area contributed by atoms with Gasteiger partial charge < -0.3 is 26.1 Å². The quantitative estimate of drug-likeness (QED) is 0.181. The first-order valence-corrected chi connectivity index (χ1v) is 13.2. The van der Waals surface area contributed by atoms with Gasteiger partial charge in [0.1, 0.15) is 17.1 Å². The standard InChI is InChI=1S/C29H30N6O6.Mg.2H/c1-5-8-23-30-25(29(3,4)38)24(27(36)39-16-22-17(2)40-28(37)41-22)35(23)15-18-11-13-19(14-12-18)20-9-6-7-10-21(20)26-31-33-34-32-26;;;/h6-7,9-14,38H,5,8,15-16H2,1-4H3,(H,31,32,33,34);;;/q;+2;2*-1. The van der Waals surface area contributed by atoms with Crippen LogP contribution >= 0.6 is 0 Å². The maximum absolute atomic E-state index is 13.5. The summed E-state index contributed by atoms with van der Waals surface area (Å²) in [5.41, 5.74) is 2.60.